The second-order valence-corrected chi connectivity index (χ2v) is 10.2. The first-order chi connectivity index (χ1) is 12.4. The maximum atomic E-state index is 12.9. The maximum absolute atomic E-state index is 12.9. The molecule has 0 aliphatic rings. The number of rotatable bonds is 5. The lowest BCUT2D eigenvalue weighted by molar-refractivity contribution is 0.0784. The third kappa shape index (κ3) is 5.89. The van der Waals surface area contributed by atoms with Crippen molar-refractivity contribution in [1.82, 2.24) is 9.62 Å². The molecule has 5 nitrogen and oxygen atoms in total. The minimum Gasteiger partial charge on any atom is -0.337 e. The van der Waals surface area contributed by atoms with Gasteiger partial charge in [-0.25, -0.2) is 13.1 Å². The molecular weight excluding hydrogens is 428 g/mol. The number of nitrogens with one attached hydrogen (secondary N) is 1. The number of carbonyl (C=O) groups is 1. The first-order valence-electron chi connectivity index (χ1n) is 8.53. The summed E-state index contributed by atoms with van der Waals surface area (Å²) in [5, 5.41) is 0. The molecule has 0 saturated heterocycles. The topological polar surface area (TPSA) is 66.5 Å². The highest BCUT2D eigenvalue weighted by Crippen LogP contribution is 2.20. The molecule has 0 atom stereocenters. The van der Waals surface area contributed by atoms with Gasteiger partial charge in [0.1, 0.15) is 0 Å². The van der Waals surface area contributed by atoms with E-state index in [0.29, 0.717) is 12.1 Å². The number of aryl methyl sites for hydroxylation is 1. The molecular formula is C20H25BrN2O3S. The molecule has 0 saturated carbocycles. The summed E-state index contributed by atoms with van der Waals surface area (Å²) in [5.74, 6) is -0.219. The van der Waals surface area contributed by atoms with Gasteiger partial charge in [0.25, 0.3) is 5.91 Å². The fourth-order valence-electron chi connectivity index (χ4n) is 2.60. The molecule has 2 aromatic rings. The minimum absolute atomic E-state index is 0.0865. The summed E-state index contributed by atoms with van der Waals surface area (Å²) in [6.07, 6.45) is 0. The minimum atomic E-state index is -3.71. The van der Waals surface area contributed by atoms with Crippen LogP contribution in [0.2, 0.25) is 0 Å². The normalized spacial score (nSPS) is 12.1. The Kier molecular flexibility index (Phi) is 6.50. The predicted molar refractivity (Wildman–Crippen MR) is 111 cm³/mol. The van der Waals surface area contributed by atoms with Crippen molar-refractivity contribution in [2.24, 2.45) is 0 Å². The number of sulfonamides is 1. The molecule has 0 aliphatic carbocycles. The van der Waals surface area contributed by atoms with E-state index in [4.69, 9.17) is 0 Å². The van der Waals surface area contributed by atoms with E-state index in [-0.39, 0.29) is 10.8 Å². The van der Waals surface area contributed by atoms with Crippen LogP contribution in [0.1, 0.15) is 42.3 Å². The Morgan fingerprint density at radius 1 is 1.11 bits per heavy atom. The monoisotopic (exact) mass is 452 g/mol. The Balaban J connectivity index is 2.29. The van der Waals surface area contributed by atoms with Crippen molar-refractivity contribution in [3.63, 3.8) is 0 Å². The van der Waals surface area contributed by atoms with Crippen LogP contribution < -0.4 is 4.72 Å². The van der Waals surface area contributed by atoms with Crippen LogP contribution in [0.25, 0.3) is 0 Å². The summed E-state index contributed by atoms with van der Waals surface area (Å²) >= 11 is 3.39. The number of hydrogen-bond donors (Lipinski definition) is 1. The van der Waals surface area contributed by atoms with E-state index in [0.717, 1.165) is 15.6 Å². The van der Waals surface area contributed by atoms with Crippen molar-refractivity contribution < 1.29 is 13.2 Å². The van der Waals surface area contributed by atoms with Gasteiger partial charge in [-0.05, 0) is 63.1 Å². The van der Waals surface area contributed by atoms with E-state index in [2.05, 4.69) is 20.7 Å². The Morgan fingerprint density at radius 2 is 1.70 bits per heavy atom. The number of nitrogens with zero attached hydrogens (tertiary/aromatic N) is 1. The highest BCUT2D eigenvalue weighted by atomic mass is 79.9. The summed E-state index contributed by atoms with van der Waals surface area (Å²) in [4.78, 5) is 14.6. The summed E-state index contributed by atoms with van der Waals surface area (Å²) in [6.45, 7) is 7.56. The molecule has 1 N–H and O–H groups in total. The molecule has 0 heterocycles. The number of carbonyl (C=O) groups excluding carboxylic acids is 1. The van der Waals surface area contributed by atoms with Crippen molar-refractivity contribution >= 4 is 31.9 Å². The van der Waals surface area contributed by atoms with E-state index in [1.165, 1.54) is 12.1 Å². The van der Waals surface area contributed by atoms with Gasteiger partial charge in [-0.2, -0.15) is 0 Å². The van der Waals surface area contributed by atoms with E-state index in [1.54, 1.807) is 45.7 Å². The molecule has 0 bridgehead atoms. The van der Waals surface area contributed by atoms with Gasteiger partial charge in [-0.3, -0.25) is 4.79 Å². The third-order valence-electron chi connectivity index (χ3n) is 3.87. The zero-order valence-corrected chi connectivity index (χ0v) is 18.6. The molecule has 146 valence electrons. The fourth-order valence-corrected chi connectivity index (χ4v) is 4.31. The van der Waals surface area contributed by atoms with Gasteiger partial charge in [0.2, 0.25) is 10.0 Å². The number of hydrogen-bond acceptors (Lipinski definition) is 3. The number of amides is 1. The second-order valence-electron chi connectivity index (χ2n) is 7.62. The fraction of sp³-hybridized carbons (Fsp3) is 0.350. The quantitative estimate of drug-likeness (QED) is 0.741. The van der Waals surface area contributed by atoms with Gasteiger partial charge >= 0.3 is 0 Å². The molecule has 0 unspecified atom stereocenters. The predicted octanol–water partition coefficient (Wildman–Crippen LogP) is 4.11. The lowest BCUT2D eigenvalue weighted by Crippen LogP contribution is -2.40. The third-order valence-corrected chi connectivity index (χ3v) is 6.15. The van der Waals surface area contributed by atoms with Gasteiger partial charge in [-0.15, -0.1) is 0 Å². The average molecular weight is 453 g/mol. The molecule has 7 heteroatoms. The maximum Gasteiger partial charge on any atom is 0.254 e. The van der Waals surface area contributed by atoms with Gasteiger partial charge in [0, 0.05) is 29.2 Å². The van der Waals surface area contributed by atoms with Crippen LogP contribution >= 0.6 is 15.9 Å². The molecule has 0 radical (unpaired) electrons. The Labute approximate surface area is 170 Å². The van der Waals surface area contributed by atoms with Crippen LogP contribution in [0.3, 0.4) is 0 Å². The number of halogens is 1. The van der Waals surface area contributed by atoms with Crippen molar-refractivity contribution in [2.75, 3.05) is 7.05 Å². The summed E-state index contributed by atoms with van der Waals surface area (Å²) in [7, 11) is -2.00. The van der Waals surface area contributed by atoms with E-state index in [9.17, 15) is 13.2 Å². The largest absolute Gasteiger partial charge is 0.337 e. The van der Waals surface area contributed by atoms with Crippen LogP contribution in [-0.2, 0) is 16.6 Å². The molecule has 0 aromatic heterocycles. The van der Waals surface area contributed by atoms with Gasteiger partial charge in [0.15, 0.2) is 0 Å². The first kappa shape index (κ1) is 21.6. The molecule has 0 aliphatic heterocycles. The molecule has 2 aromatic carbocycles. The summed E-state index contributed by atoms with van der Waals surface area (Å²) < 4.78 is 28.8. The summed E-state index contributed by atoms with van der Waals surface area (Å²) in [5.41, 5.74) is 1.50. The zero-order chi connectivity index (χ0) is 20.4. The van der Waals surface area contributed by atoms with Crippen LogP contribution in [0.5, 0.6) is 0 Å². The van der Waals surface area contributed by atoms with Crippen molar-refractivity contribution in [3.05, 3.63) is 63.6 Å². The van der Waals surface area contributed by atoms with Crippen LogP contribution in [-0.4, -0.2) is 31.8 Å². The molecule has 27 heavy (non-hydrogen) atoms. The second kappa shape index (κ2) is 8.12. The smallest absolute Gasteiger partial charge is 0.254 e. The first-order valence-corrected chi connectivity index (χ1v) is 10.8. The number of benzene rings is 2. The van der Waals surface area contributed by atoms with Crippen molar-refractivity contribution in [2.45, 2.75) is 44.7 Å². The summed E-state index contributed by atoms with van der Waals surface area (Å²) in [6, 6.07) is 12.4. The highest BCUT2D eigenvalue weighted by molar-refractivity contribution is 9.10. The molecule has 0 fully saturated rings. The van der Waals surface area contributed by atoms with Gasteiger partial charge in [0.05, 0.1) is 4.90 Å². The van der Waals surface area contributed by atoms with E-state index < -0.39 is 15.6 Å². The molecule has 2 rings (SSSR count). The standard InChI is InChI=1S/C20H25BrN2O3S/c1-14-6-11-17(27(25,26)22-20(2,3)4)12-18(14)19(24)23(5)13-15-7-9-16(21)10-8-15/h6-12,22H,13H2,1-5H3. The van der Waals surface area contributed by atoms with E-state index in [1.807, 2.05) is 24.3 Å². The van der Waals surface area contributed by atoms with Crippen molar-refractivity contribution in [1.29, 1.82) is 0 Å². The highest BCUT2D eigenvalue weighted by Gasteiger charge is 2.24. The zero-order valence-electron chi connectivity index (χ0n) is 16.2. The van der Waals surface area contributed by atoms with E-state index >= 15 is 0 Å². The Bertz CT molecular complexity index is 933. The Morgan fingerprint density at radius 3 is 2.26 bits per heavy atom. The lowest BCUT2D eigenvalue weighted by atomic mass is 10.1. The average Bonchev–Trinajstić information content (AvgIpc) is 2.54. The molecule has 1 amide bonds. The van der Waals surface area contributed by atoms with Crippen LogP contribution in [0.4, 0.5) is 0 Å². The molecule has 0 spiro atoms. The van der Waals surface area contributed by atoms with Crippen molar-refractivity contribution in [3.8, 4) is 0 Å². The van der Waals surface area contributed by atoms with Gasteiger partial charge < -0.3 is 4.90 Å². The SMILES string of the molecule is Cc1ccc(S(=O)(=O)NC(C)(C)C)cc1C(=O)N(C)Cc1ccc(Br)cc1. The van der Waals surface area contributed by atoms with Gasteiger partial charge in [-0.1, -0.05) is 34.1 Å². The van der Waals surface area contributed by atoms with Crippen LogP contribution in [0, 0.1) is 6.92 Å². The lowest BCUT2D eigenvalue weighted by Gasteiger charge is -2.22. The Hall–Kier alpha value is -1.70. The van der Waals surface area contributed by atoms with Crippen LogP contribution in [0.15, 0.2) is 51.8 Å².